The lowest BCUT2D eigenvalue weighted by Crippen LogP contribution is -2.02. The molecule has 0 aliphatic rings. The molecule has 3 nitrogen and oxygen atoms in total. The molecule has 19 heavy (non-hydrogen) atoms. The fraction of sp³-hybridized carbons (Fsp3) is 0.714. The van der Waals surface area contributed by atoms with E-state index in [2.05, 4.69) is 13.8 Å². The van der Waals surface area contributed by atoms with Crippen molar-refractivity contribution in [2.45, 2.75) is 53.4 Å². The van der Waals surface area contributed by atoms with Crippen LogP contribution in [0.1, 0.15) is 53.4 Å². The van der Waals surface area contributed by atoms with E-state index in [0.29, 0.717) is 11.5 Å². The van der Waals surface area contributed by atoms with Crippen molar-refractivity contribution in [2.24, 2.45) is 0 Å². The summed E-state index contributed by atoms with van der Waals surface area (Å²) >= 11 is 1.65. The van der Waals surface area contributed by atoms with Crippen molar-refractivity contribution in [3.8, 4) is 0 Å². The van der Waals surface area contributed by atoms with Crippen LogP contribution in [0.15, 0.2) is 22.7 Å². The molecule has 112 valence electrons. The Morgan fingerprint density at radius 1 is 0.842 bits per heavy atom. The Morgan fingerprint density at radius 3 is 1.47 bits per heavy atom. The summed E-state index contributed by atoms with van der Waals surface area (Å²) in [5, 5.41) is 0. The third-order valence-electron chi connectivity index (χ3n) is 2.71. The number of rotatable bonds is 10. The smallest absolute Gasteiger partial charge is 0.103 e. The van der Waals surface area contributed by atoms with Crippen molar-refractivity contribution in [1.29, 1.82) is 0 Å². The van der Waals surface area contributed by atoms with Gasteiger partial charge in [0.15, 0.2) is 0 Å². The van der Waals surface area contributed by atoms with Crippen LogP contribution in [0.2, 0.25) is 0 Å². The molecule has 0 radical (unpaired) electrons. The van der Waals surface area contributed by atoms with E-state index in [9.17, 15) is 0 Å². The zero-order valence-corrected chi connectivity index (χ0v) is 14.0. The van der Waals surface area contributed by atoms with Crippen LogP contribution in [0, 0.1) is 0 Å². The fourth-order valence-electron chi connectivity index (χ4n) is 1.66. The molecular formula is C14H26O3S2. The largest absolute Gasteiger partial charge is 0.466 e. The molecule has 0 aliphatic carbocycles. The summed E-state index contributed by atoms with van der Waals surface area (Å²) < 4.78 is 24.0. The van der Waals surface area contributed by atoms with Gasteiger partial charge in [0.25, 0.3) is 0 Å². The Labute approximate surface area is 125 Å². The molecule has 0 spiro atoms. The molecule has 0 atom stereocenters. The van der Waals surface area contributed by atoms with Crippen molar-refractivity contribution in [3.05, 3.63) is 22.7 Å². The maximum atomic E-state index is 8.96. The summed E-state index contributed by atoms with van der Waals surface area (Å²) in [7, 11) is 0. The minimum absolute atomic E-state index is 0.572. The first-order valence-electron chi connectivity index (χ1n) is 6.68. The molecule has 2 N–H and O–H groups in total. The second-order valence-electron chi connectivity index (χ2n) is 4.56. The highest BCUT2D eigenvalue weighted by Crippen LogP contribution is 2.24. The predicted octanol–water partition coefficient (Wildman–Crippen LogP) is 5.56. The van der Waals surface area contributed by atoms with Gasteiger partial charge >= 0.3 is 0 Å². The number of allylic oxidation sites excluding steroid dienone is 2. The van der Waals surface area contributed by atoms with E-state index in [-0.39, 0.29) is 0 Å². The molecule has 0 amide bonds. The molecular weight excluding hydrogens is 280 g/mol. The number of hydrogen-bond acceptors (Lipinski definition) is 5. The van der Waals surface area contributed by atoms with Crippen molar-refractivity contribution in [1.82, 2.24) is 0 Å². The first-order chi connectivity index (χ1) is 9.10. The van der Waals surface area contributed by atoms with E-state index in [0.717, 1.165) is 72.4 Å². The molecule has 0 rings (SSSR count). The van der Waals surface area contributed by atoms with Crippen molar-refractivity contribution in [3.63, 3.8) is 0 Å². The van der Waals surface area contributed by atoms with Crippen LogP contribution in [0.5, 0.6) is 0 Å². The standard InChI is InChI=1S/C14H26O3S2/c1-5-7-13(11(3)9-18-15)17-14(8-6-2)12(4)10-19-16/h15-16H,5-10H2,1-4H3. The summed E-state index contributed by atoms with van der Waals surface area (Å²) in [5.41, 5.74) is 2.15. The lowest BCUT2D eigenvalue weighted by atomic mass is 10.1. The van der Waals surface area contributed by atoms with E-state index in [4.69, 9.17) is 13.8 Å². The summed E-state index contributed by atoms with van der Waals surface area (Å²) in [6.45, 7) is 8.21. The molecule has 0 aromatic rings. The molecule has 0 saturated carbocycles. The minimum atomic E-state index is 0.572. The Balaban J connectivity index is 5.04. The van der Waals surface area contributed by atoms with E-state index in [1.807, 2.05) is 13.8 Å². The second-order valence-corrected chi connectivity index (χ2v) is 5.65. The Kier molecular flexibility index (Phi) is 11.6. The van der Waals surface area contributed by atoms with Crippen LogP contribution in [-0.2, 0) is 4.74 Å². The molecule has 5 heteroatoms. The zero-order chi connectivity index (χ0) is 14.7. The Morgan fingerprint density at radius 2 is 1.21 bits per heavy atom. The molecule has 0 fully saturated rings. The second kappa shape index (κ2) is 11.7. The maximum absolute atomic E-state index is 8.96. The maximum Gasteiger partial charge on any atom is 0.103 e. The average Bonchev–Trinajstić information content (AvgIpc) is 2.37. The van der Waals surface area contributed by atoms with Gasteiger partial charge in [-0.25, -0.2) is 0 Å². The number of ether oxygens (including phenoxy) is 1. The molecule has 0 aliphatic heterocycles. The van der Waals surface area contributed by atoms with Gasteiger partial charge in [-0.15, -0.1) is 0 Å². The van der Waals surface area contributed by atoms with Crippen LogP contribution < -0.4 is 0 Å². The Hall–Kier alpha value is -0.100. The predicted molar refractivity (Wildman–Crippen MR) is 86.5 cm³/mol. The molecule has 0 heterocycles. The highest BCUT2D eigenvalue weighted by atomic mass is 32.2. The van der Waals surface area contributed by atoms with Crippen LogP contribution in [0.4, 0.5) is 0 Å². The normalized spacial score (nSPS) is 14.0. The third-order valence-corrected chi connectivity index (χ3v) is 3.84. The Bertz CT molecular complexity index is 282. The van der Waals surface area contributed by atoms with Gasteiger partial charge in [0.05, 0.1) is 0 Å². The summed E-state index contributed by atoms with van der Waals surface area (Å²) in [6.07, 6.45) is 3.77. The highest BCUT2D eigenvalue weighted by Gasteiger charge is 2.10. The van der Waals surface area contributed by atoms with E-state index in [1.165, 1.54) is 0 Å². The average molecular weight is 306 g/mol. The summed E-state index contributed by atoms with van der Waals surface area (Å²) in [6, 6.07) is 0. The lowest BCUT2D eigenvalue weighted by Gasteiger charge is -2.17. The van der Waals surface area contributed by atoms with Crippen LogP contribution in [-0.4, -0.2) is 20.6 Å². The van der Waals surface area contributed by atoms with Gasteiger partial charge in [0.2, 0.25) is 0 Å². The molecule has 0 saturated heterocycles. The van der Waals surface area contributed by atoms with Gasteiger partial charge < -0.3 is 13.8 Å². The molecule has 0 unspecified atom stereocenters. The van der Waals surface area contributed by atoms with Gasteiger partial charge in [-0.05, 0) is 61.9 Å². The van der Waals surface area contributed by atoms with E-state index >= 15 is 0 Å². The topological polar surface area (TPSA) is 49.7 Å². The van der Waals surface area contributed by atoms with Crippen LogP contribution in [0.25, 0.3) is 0 Å². The van der Waals surface area contributed by atoms with E-state index in [1.54, 1.807) is 0 Å². The SMILES string of the molecule is CCCC(OC(CCC)=C(C)CSO)=C(C)CSO. The number of hydrogen-bond donors (Lipinski definition) is 2. The third kappa shape index (κ3) is 7.92. The first-order valence-corrected chi connectivity index (χ1v) is 8.56. The van der Waals surface area contributed by atoms with Crippen molar-refractivity contribution >= 4 is 24.1 Å². The van der Waals surface area contributed by atoms with Crippen molar-refractivity contribution in [2.75, 3.05) is 11.5 Å². The quantitative estimate of drug-likeness (QED) is 0.408. The highest BCUT2D eigenvalue weighted by molar-refractivity contribution is 7.94. The molecule has 0 aromatic heterocycles. The van der Waals surface area contributed by atoms with Gasteiger partial charge in [0.1, 0.15) is 11.5 Å². The minimum Gasteiger partial charge on any atom is -0.466 e. The van der Waals surface area contributed by atoms with Gasteiger partial charge in [0, 0.05) is 24.3 Å². The first kappa shape index (κ1) is 18.9. The summed E-state index contributed by atoms with van der Waals surface area (Å²) in [4.78, 5) is 0. The summed E-state index contributed by atoms with van der Waals surface area (Å²) in [5.74, 6) is 3.05. The molecule has 0 bridgehead atoms. The molecule has 0 aromatic carbocycles. The van der Waals surface area contributed by atoms with Gasteiger partial charge in [-0.2, -0.15) is 0 Å². The van der Waals surface area contributed by atoms with Crippen LogP contribution >= 0.6 is 24.1 Å². The zero-order valence-electron chi connectivity index (χ0n) is 12.4. The van der Waals surface area contributed by atoms with Gasteiger partial charge in [-0.1, -0.05) is 13.8 Å². The fourth-order valence-corrected chi connectivity index (χ4v) is 2.37. The monoisotopic (exact) mass is 306 g/mol. The lowest BCUT2D eigenvalue weighted by molar-refractivity contribution is 0.266. The van der Waals surface area contributed by atoms with E-state index < -0.39 is 0 Å². The van der Waals surface area contributed by atoms with Gasteiger partial charge in [-0.3, -0.25) is 0 Å². The van der Waals surface area contributed by atoms with Crippen LogP contribution in [0.3, 0.4) is 0 Å². The van der Waals surface area contributed by atoms with Crippen molar-refractivity contribution < 1.29 is 13.8 Å².